The molecule has 1 aromatic rings. The molecular weight excluding hydrogens is 246 g/mol. The average Bonchev–Trinajstić information content (AvgIpc) is 2.97. The third-order valence-corrected chi connectivity index (χ3v) is 5.10. The van der Waals surface area contributed by atoms with Crippen LogP contribution in [0.1, 0.15) is 44.6 Å². The van der Waals surface area contributed by atoms with Crippen molar-refractivity contribution in [2.45, 2.75) is 50.5 Å². The molecule has 0 aromatic heterocycles. The normalized spacial score (nSPS) is 20.8. The number of benzene rings is 1. The van der Waals surface area contributed by atoms with E-state index < -0.39 is 0 Å². The minimum atomic E-state index is 0.309. The van der Waals surface area contributed by atoms with E-state index in [9.17, 15) is 0 Å². The molecule has 0 saturated heterocycles. The lowest BCUT2D eigenvalue weighted by Crippen LogP contribution is -2.49. The van der Waals surface area contributed by atoms with Crippen LogP contribution in [0.2, 0.25) is 0 Å². The molecule has 0 bridgehead atoms. The van der Waals surface area contributed by atoms with Crippen LogP contribution in [0.3, 0.4) is 0 Å². The van der Waals surface area contributed by atoms with Gasteiger partial charge in [-0.25, -0.2) is 0 Å². The van der Waals surface area contributed by atoms with Gasteiger partial charge in [0.25, 0.3) is 0 Å². The number of methoxy groups -OCH3 is 1. The Kier molecular flexibility index (Phi) is 5.62. The minimum Gasteiger partial charge on any atom is -0.385 e. The standard InChI is InChI=1S/C18H29NO/c1-15(11-14-20-3)17(19-2)18(12-7-8-13-18)16-9-5-4-6-10-16/h4-6,9-10,15,17,19H,7-8,11-14H2,1-3H3. The third-order valence-electron chi connectivity index (χ3n) is 5.10. The molecule has 0 aliphatic heterocycles. The van der Waals surface area contributed by atoms with Crippen LogP contribution >= 0.6 is 0 Å². The van der Waals surface area contributed by atoms with E-state index >= 15 is 0 Å². The first-order valence-corrected chi connectivity index (χ1v) is 7.96. The van der Waals surface area contributed by atoms with E-state index in [1.165, 1.54) is 31.2 Å². The number of ether oxygens (including phenoxy) is 1. The molecule has 0 spiro atoms. The summed E-state index contributed by atoms with van der Waals surface area (Å²) in [5, 5.41) is 3.64. The number of hydrogen-bond donors (Lipinski definition) is 1. The van der Waals surface area contributed by atoms with Gasteiger partial charge in [0.05, 0.1) is 0 Å². The van der Waals surface area contributed by atoms with Crippen LogP contribution in [-0.2, 0) is 10.2 Å². The van der Waals surface area contributed by atoms with Crippen LogP contribution in [0.4, 0.5) is 0 Å². The zero-order valence-corrected chi connectivity index (χ0v) is 13.2. The number of likely N-dealkylation sites (N-methyl/N-ethyl adjacent to an activating group) is 1. The highest BCUT2D eigenvalue weighted by molar-refractivity contribution is 5.29. The van der Waals surface area contributed by atoms with Gasteiger partial charge in [-0.15, -0.1) is 0 Å². The van der Waals surface area contributed by atoms with E-state index in [1.807, 2.05) is 0 Å². The van der Waals surface area contributed by atoms with Gasteiger partial charge in [-0.1, -0.05) is 50.1 Å². The summed E-state index contributed by atoms with van der Waals surface area (Å²) in [4.78, 5) is 0. The zero-order valence-electron chi connectivity index (χ0n) is 13.2. The van der Waals surface area contributed by atoms with Crippen LogP contribution in [0.25, 0.3) is 0 Å². The fourth-order valence-electron chi connectivity index (χ4n) is 4.13. The molecule has 112 valence electrons. The second kappa shape index (κ2) is 7.24. The molecule has 0 radical (unpaired) electrons. The first kappa shape index (κ1) is 15.5. The zero-order chi connectivity index (χ0) is 14.4. The van der Waals surface area contributed by atoms with Gasteiger partial charge in [-0.2, -0.15) is 0 Å². The highest BCUT2D eigenvalue weighted by atomic mass is 16.5. The summed E-state index contributed by atoms with van der Waals surface area (Å²) in [6.07, 6.45) is 6.43. The Morgan fingerprint density at radius 3 is 2.40 bits per heavy atom. The fourth-order valence-corrected chi connectivity index (χ4v) is 4.13. The second-order valence-electron chi connectivity index (χ2n) is 6.25. The quantitative estimate of drug-likeness (QED) is 0.818. The molecule has 0 heterocycles. The lowest BCUT2D eigenvalue weighted by molar-refractivity contribution is 0.151. The molecular formula is C18H29NO. The third kappa shape index (κ3) is 3.07. The van der Waals surface area contributed by atoms with E-state index in [-0.39, 0.29) is 0 Å². The van der Waals surface area contributed by atoms with E-state index in [4.69, 9.17) is 4.74 Å². The largest absolute Gasteiger partial charge is 0.385 e. The van der Waals surface area contributed by atoms with Gasteiger partial charge in [0, 0.05) is 25.2 Å². The number of rotatable bonds is 7. The molecule has 2 unspecified atom stereocenters. The van der Waals surface area contributed by atoms with Crippen molar-refractivity contribution in [1.82, 2.24) is 5.32 Å². The molecule has 2 nitrogen and oxygen atoms in total. The molecule has 1 aliphatic carbocycles. The summed E-state index contributed by atoms with van der Waals surface area (Å²) in [5.41, 5.74) is 1.82. The van der Waals surface area contributed by atoms with Crippen molar-refractivity contribution in [3.63, 3.8) is 0 Å². The smallest absolute Gasteiger partial charge is 0.0465 e. The maximum Gasteiger partial charge on any atom is 0.0465 e. The Morgan fingerprint density at radius 2 is 1.85 bits per heavy atom. The van der Waals surface area contributed by atoms with E-state index in [0.29, 0.717) is 17.4 Å². The molecule has 2 heteroatoms. The summed E-state index contributed by atoms with van der Waals surface area (Å²) in [7, 11) is 3.92. The van der Waals surface area contributed by atoms with Crippen molar-refractivity contribution in [3.05, 3.63) is 35.9 Å². The van der Waals surface area contributed by atoms with Gasteiger partial charge >= 0.3 is 0 Å². The molecule has 2 rings (SSSR count). The van der Waals surface area contributed by atoms with Crippen molar-refractivity contribution in [3.8, 4) is 0 Å². The number of hydrogen-bond acceptors (Lipinski definition) is 2. The van der Waals surface area contributed by atoms with Gasteiger partial charge in [0.1, 0.15) is 0 Å². The highest BCUT2D eigenvalue weighted by Crippen LogP contribution is 2.46. The van der Waals surface area contributed by atoms with Crippen LogP contribution in [-0.4, -0.2) is 26.8 Å². The lowest BCUT2D eigenvalue weighted by atomic mass is 9.68. The van der Waals surface area contributed by atoms with Crippen LogP contribution in [0.15, 0.2) is 30.3 Å². The van der Waals surface area contributed by atoms with Crippen LogP contribution < -0.4 is 5.32 Å². The molecule has 20 heavy (non-hydrogen) atoms. The predicted octanol–water partition coefficient (Wildman–Crippen LogP) is 3.76. The summed E-state index contributed by atoms with van der Waals surface area (Å²) in [6, 6.07) is 11.7. The SMILES string of the molecule is CNC(C(C)CCOC)C1(c2ccccc2)CCCC1. The Hall–Kier alpha value is -0.860. The molecule has 1 saturated carbocycles. The first-order valence-electron chi connectivity index (χ1n) is 7.96. The molecule has 1 aromatic carbocycles. The Bertz CT molecular complexity index is 384. The molecule has 1 N–H and O–H groups in total. The van der Waals surface area contributed by atoms with Gasteiger partial charge < -0.3 is 10.1 Å². The summed E-state index contributed by atoms with van der Waals surface area (Å²) in [5.74, 6) is 0.623. The van der Waals surface area contributed by atoms with Gasteiger partial charge in [0.2, 0.25) is 0 Å². The van der Waals surface area contributed by atoms with Crippen molar-refractivity contribution >= 4 is 0 Å². The Morgan fingerprint density at radius 1 is 1.20 bits per heavy atom. The highest BCUT2D eigenvalue weighted by Gasteiger charge is 2.43. The van der Waals surface area contributed by atoms with E-state index in [0.717, 1.165) is 13.0 Å². The van der Waals surface area contributed by atoms with Crippen molar-refractivity contribution in [1.29, 1.82) is 0 Å². The van der Waals surface area contributed by atoms with E-state index in [1.54, 1.807) is 7.11 Å². The maximum atomic E-state index is 5.28. The Labute approximate surface area is 123 Å². The van der Waals surface area contributed by atoms with Gasteiger partial charge in [-0.05, 0) is 37.8 Å². The minimum absolute atomic E-state index is 0.309. The van der Waals surface area contributed by atoms with Gasteiger partial charge in [0.15, 0.2) is 0 Å². The first-order chi connectivity index (χ1) is 9.74. The maximum absolute atomic E-state index is 5.28. The summed E-state index contributed by atoms with van der Waals surface area (Å²) in [6.45, 7) is 3.22. The molecule has 1 fully saturated rings. The van der Waals surface area contributed by atoms with Crippen molar-refractivity contribution in [2.24, 2.45) is 5.92 Å². The van der Waals surface area contributed by atoms with Crippen molar-refractivity contribution in [2.75, 3.05) is 20.8 Å². The predicted molar refractivity (Wildman–Crippen MR) is 85.1 cm³/mol. The van der Waals surface area contributed by atoms with Crippen LogP contribution in [0, 0.1) is 5.92 Å². The van der Waals surface area contributed by atoms with Gasteiger partial charge in [-0.3, -0.25) is 0 Å². The molecule has 2 atom stereocenters. The molecule has 0 amide bonds. The monoisotopic (exact) mass is 275 g/mol. The summed E-state index contributed by atoms with van der Waals surface area (Å²) >= 11 is 0. The summed E-state index contributed by atoms with van der Waals surface area (Å²) < 4.78 is 5.28. The fraction of sp³-hybridized carbons (Fsp3) is 0.667. The lowest BCUT2D eigenvalue weighted by Gasteiger charge is -2.41. The average molecular weight is 275 g/mol. The second-order valence-corrected chi connectivity index (χ2v) is 6.25. The number of nitrogens with one attached hydrogen (secondary N) is 1. The topological polar surface area (TPSA) is 21.3 Å². The van der Waals surface area contributed by atoms with Crippen molar-refractivity contribution < 1.29 is 4.74 Å². The molecule has 1 aliphatic rings. The van der Waals surface area contributed by atoms with E-state index in [2.05, 4.69) is 49.6 Å². The Balaban J connectivity index is 2.26. The van der Waals surface area contributed by atoms with Crippen LogP contribution in [0.5, 0.6) is 0 Å².